The molecule has 0 radical (unpaired) electrons. The molecule has 1 saturated heterocycles. The van der Waals surface area contributed by atoms with E-state index in [2.05, 4.69) is 24.3 Å². The fourth-order valence-corrected chi connectivity index (χ4v) is 3.90. The second-order valence-electron chi connectivity index (χ2n) is 6.83. The van der Waals surface area contributed by atoms with Gasteiger partial charge in [0.15, 0.2) is 0 Å². The quantitative estimate of drug-likeness (QED) is 0.760. The number of benzene rings is 2. The highest BCUT2D eigenvalue weighted by atomic mass is 16.7. The lowest BCUT2D eigenvalue weighted by Crippen LogP contribution is -2.22. The van der Waals surface area contributed by atoms with Gasteiger partial charge in [0.05, 0.1) is 12.6 Å². The molecule has 0 spiro atoms. The van der Waals surface area contributed by atoms with Crippen LogP contribution in [0, 0.1) is 0 Å². The summed E-state index contributed by atoms with van der Waals surface area (Å²) in [5.41, 5.74) is 3.46. The second-order valence-corrected chi connectivity index (χ2v) is 6.83. The number of esters is 1. The lowest BCUT2D eigenvalue weighted by atomic mass is 9.87. The normalized spacial score (nSPS) is 23.0. The van der Waals surface area contributed by atoms with Gasteiger partial charge in [-0.3, -0.25) is 9.63 Å². The van der Waals surface area contributed by atoms with Crippen LogP contribution in [0.15, 0.2) is 72.0 Å². The van der Waals surface area contributed by atoms with E-state index in [0.29, 0.717) is 6.54 Å². The number of carbonyl (C=O) groups is 1. The van der Waals surface area contributed by atoms with E-state index in [4.69, 9.17) is 9.57 Å². The highest BCUT2D eigenvalue weighted by Crippen LogP contribution is 2.46. The summed E-state index contributed by atoms with van der Waals surface area (Å²) in [7, 11) is 0. The molecule has 0 aromatic heterocycles. The van der Waals surface area contributed by atoms with Gasteiger partial charge in [-0.1, -0.05) is 60.7 Å². The average molecular weight is 349 g/mol. The molecule has 134 valence electrons. The molecule has 1 fully saturated rings. The Kier molecular flexibility index (Phi) is 4.87. The monoisotopic (exact) mass is 349 g/mol. The van der Waals surface area contributed by atoms with Crippen molar-refractivity contribution in [2.24, 2.45) is 0 Å². The van der Waals surface area contributed by atoms with Gasteiger partial charge in [0.1, 0.15) is 11.9 Å². The molecule has 0 saturated carbocycles. The van der Waals surface area contributed by atoms with Gasteiger partial charge < -0.3 is 4.74 Å². The molecule has 2 aromatic rings. The molecule has 26 heavy (non-hydrogen) atoms. The smallest absolute Gasteiger partial charge is 0.307 e. The minimum Gasteiger partial charge on any atom is -0.431 e. The van der Waals surface area contributed by atoms with E-state index >= 15 is 0 Å². The number of carbonyl (C=O) groups excluding carboxylic acids is 1. The van der Waals surface area contributed by atoms with Crippen LogP contribution in [0.5, 0.6) is 0 Å². The Hall–Kier alpha value is -2.43. The first-order valence-corrected chi connectivity index (χ1v) is 9.16. The first-order chi connectivity index (χ1) is 12.7. The molecule has 1 aliphatic carbocycles. The molecule has 4 rings (SSSR count). The number of rotatable bonds is 4. The Bertz CT molecular complexity index is 801. The van der Waals surface area contributed by atoms with Gasteiger partial charge in [-0.2, -0.15) is 5.06 Å². The summed E-state index contributed by atoms with van der Waals surface area (Å²) < 4.78 is 5.59. The molecule has 1 aliphatic heterocycles. The Labute approximate surface area is 154 Å². The standard InChI is InChI=1S/C22H23NO3/c1-16(24)25-19-13-8-14-20-21(19)22(18-11-6-3-7-12-18)23(26-20)15-17-9-4-2-5-10-17/h2-7,9-12,20,22H,8,13-15H2,1H3/t20-,22-/m0/s1. The summed E-state index contributed by atoms with van der Waals surface area (Å²) in [6.45, 7) is 2.15. The van der Waals surface area contributed by atoms with Crippen molar-refractivity contribution in [1.82, 2.24) is 5.06 Å². The first kappa shape index (κ1) is 17.0. The second kappa shape index (κ2) is 7.44. The minimum absolute atomic E-state index is 0.0213. The summed E-state index contributed by atoms with van der Waals surface area (Å²) in [4.78, 5) is 17.9. The SMILES string of the molecule is CC(=O)OC1=C2[C@H](CCC1)ON(Cc1ccccc1)[C@H]2c1ccccc1. The highest BCUT2D eigenvalue weighted by molar-refractivity contribution is 5.67. The maximum Gasteiger partial charge on any atom is 0.307 e. The Balaban J connectivity index is 1.74. The van der Waals surface area contributed by atoms with E-state index in [1.165, 1.54) is 12.5 Å². The molecule has 0 amide bonds. The molecule has 4 heteroatoms. The van der Waals surface area contributed by atoms with Crippen LogP contribution in [0.2, 0.25) is 0 Å². The minimum atomic E-state index is -0.263. The maximum absolute atomic E-state index is 11.6. The van der Waals surface area contributed by atoms with E-state index in [1.54, 1.807) is 0 Å². The van der Waals surface area contributed by atoms with Crippen molar-refractivity contribution in [2.75, 3.05) is 0 Å². The molecule has 4 nitrogen and oxygen atoms in total. The maximum atomic E-state index is 11.6. The van der Waals surface area contributed by atoms with Crippen LogP contribution in [0.1, 0.15) is 43.4 Å². The third kappa shape index (κ3) is 3.43. The Morgan fingerprint density at radius 2 is 1.81 bits per heavy atom. The van der Waals surface area contributed by atoms with Crippen molar-refractivity contribution in [1.29, 1.82) is 0 Å². The van der Waals surface area contributed by atoms with Gasteiger partial charge in [0.25, 0.3) is 0 Å². The van der Waals surface area contributed by atoms with Crippen molar-refractivity contribution in [3.05, 3.63) is 83.1 Å². The van der Waals surface area contributed by atoms with Crippen molar-refractivity contribution >= 4 is 5.97 Å². The van der Waals surface area contributed by atoms with Crippen LogP contribution in [-0.4, -0.2) is 17.1 Å². The number of allylic oxidation sites excluding steroid dienone is 1. The predicted octanol–water partition coefficient (Wildman–Crippen LogP) is 4.54. The zero-order valence-electron chi connectivity index (χ0n) is 14.9. The summed E-state index contributed by atoms with van der Waals surface area (Å²) in [5, 5.41) is 2.04. The molecule has 0 bridgehead atoms. The zero-order chi connectivity index (χ0) is 17.9. The van der Waals surface area contributed by atoms with E-state index in [9.17, 15) is 4.79 Å². The molecule has 0 unspecified atom stereocenters. The Morgan fingerprint density at radius 3 is 2.50 bits per heavy atom. The van der Waals surface area contributed by atoms with Crippen molar-refractivity contribution < 1.29 is 14.4 Å². The van der Waals surface area contributed by atoms with Crippen LogP contribution in [0.25, 0.3) is 0 Å². The lowest BCUT2D eigenvalue weighted by molar-refractivity contribution is -0.172. The van der Waals surface area contributed by atoms with E-state index in [-0.39, 0.29) is 18.1 Å². The third-order valence-corrected chi connectivity index (χ3v) is 4.95. The number of hydrogen-bond donors (Lipinski definition) is 0. The topological polar surface area (TPSA) is 38.8 Å². The number of nitrogens with zero attached hydrogens (tertiary/aromatic N) is 1. The molecule has 0 N–H and O–H groups in total. The zero-order valence-corrected chi connectivity index (χ0v) is 14.9. The molecule has 1 heterocycles. The fraction of sp³-hybridized carbons (Fsp3) is 0.318. The number of ether oxygens (including phenoxy) is 1. The van der Waals surface area contributed by atoms with Gasteiger partial charge >= 0.3 is 5.97 Å². The molecular formula is C22H23NO3. The van der Waals surface area contributed by atoms with Crippen LogP contribution >= 0.6 is 0 Å². The van der Waals surface area contributed by atoms with Gasteiger partial charge in [-0.05, 0) is 24.0 Å². The molecule has 2 aliphatic rings. The lowest BCUT2D eigenvalue weighted by Gasteiger charge is -2.25. The van der Waals surface area contributed by atoms with E-state index in [0.717, 1.165) is 36.2 Å². The number of hydroxylamine groups is 2. The molecule has 2 aromatic carbocycles. The largest absolute Gasteiger partial charge is 0.431 e. The van der Waals surface area contributed by atoms with E-state index < -0.39 is 0 Å². The number of fused-ring (bicyclic) bond motifs is 1. The van der Waals surface area contributed by atoms with Crippen LogP contribution in [-0.2, 0) is 20.9 Å². The molecular weight excluding hydrogens is 326 g/mol. The van der Waals surface area contributed by atoms with Gasteiger partial charge in [0.2, 0.25) is 0 Å². The van der Waals surface area contributed by atoms with Gasteiger partial charge in [-0.15, -0.1) is 0 Å². The predicted molar refractivity (Wildman–Crippen MR) is 98.7 cm³/mol. The highest BCUT2D eigenvalue weighted by Gasteiger charge is 2.43. The summed E-state index contributed by atoms with van der Waals surface area (Å²) in [5.74, 6) is 0.527. The average Bonchev–Trinajstić information content (AvgIpc) is 3.02. The summed E-state index contributed by atoms with van der Waals surface area (Å²) in [6, 6.07) is 20.6. The first-order valence-electron chi connectivity index (χ1n) is 9.16. The fourth-order valence-electron chi connectivity index (χ4n) is 3.90. The van der Waals surface area contributed by atoms with Crippen LogP contribution in [0.4, 0.5) is 0 Å². The summed E-state index contributed by atoms with van der Waals surface area (Å²) in [6.07, 6.45) is 2.69. The van der Waals surface area contributed by atoms with Gasteiger partial charge in [-0.25, -0.2) is 0 Å². The third-order valence-electron chi connectivity index (χ3n) is 4.95. The summed E-state index contributed by atoms with van der Waals surface area (Å²) >= 11 is 0. The van der Waals surface area contributed by atoms with Crippen molar-refractivity contribution in [3.63, 3.8) is 0 Å². The van der Waals surface area contributed by atoms with Crippen molar-refractivity contribution in [2.45, 2.75) is 44.9 Å². The van der Waals surface area contributed by atoms with Crippen molar-refractivity contribution in [3.8, 4) is 0 Å². The van der Waals surface area contributed by atoms with E-state index in [1.807, 2.05) is 41.5 Å². The number of hydrogen-bond acceptors (Lipinski definition) is 4. The van der Waals surface area contributed by atoms with Crippen LogP contribution < -0.4 is 0 Å². The molecule has 2 atom stereocenters. The van der Waals surface area contributed by atoms with Crippen LogP contribution in [0.3, 0.4) is 0 Å². The van der Waals surface area contributed by atoms with Gasteiger partial charge in [0, 0.05) is 18.9 Å². The Morgan fingerprint density at radius 1 is 1.12 bits per heavy atom.